The highest BCUT2D eigenvalue weighted by atomic mass is 35.5. The van der Waals surface area contributed by atoms with Crippen LogP contribution in [-0.2, 0) is 11.3 Å². The first kappa shape index (κ1) is 14.3. The van der Waals surface area contributed by atoms with Gasteiger partial charge < -0.3 is 10.6 Å². The summed E-state index contributed by atoms with van der Waals surface area (Å²) in [5.41, 5.74) is 0.997. The zero-order chi connectivity index (χ0) is 14.4. The van der Waals surface area contributed by atoms with Crippen molar-refractivity contribution < 1.29 is 9.18 Å². The lowest BCUT2D eigenvalue weighted by Crippen LogP contribution is -2.29. The highest BCUT2D eigenvalue weighted by molar-refractivity contribution is 6.30. The number of nitrogens with zero attached hydrogens (tertiary/aromatic N) is 1. The first-order chi connectivity index (χ1) is 9.65. The SMILES string of the molecule is O=C(CNc1ncc(Cl)cc1F)NCc1ccccc1. The summed E-state index contributed by atoms with van der Waals surface area (Å²) in [5.74, 6) is -0.831. The molecule has 0 radical (unpaired) electrons. The lowest BCUT2D eigenvalue weighted by atomic mass is 10.2. The average Bonchev–Trinajstić information content (AvgIpc) is 2.45. The van der Waals surface area contributed by atoms with E-state index in [1.165, 1.54) is 6.20 Å². The lowest BCUT2D eigenvalue weighted by Gasteiger charge is -2.08. The maximum Gasteiger partial charge on any atom is 0.239 e. The van der Waals surface area contributed by atoms with E-state index < -0.39 is 5.82 Å². The van der Waals surface area contributed by atoms with Crippen LogP contribution in [0.3, 0.4) is 0 Å². The minimum absolute atomic E-state index is 0.00395. The summed E-state index contributed by atoms with van der Waals surface area (Å²) in [6.07, 6.45) is 1.31. The Hall–Kier alpha value is -2.14. The largest absolute Gasteiger partial charge is 0.359 e. The van der Waals surface area contributed by atoms with Gasteiger partial charge in [0.25, 0.3) is 0 Å². The molecule has 0 saturated heterocycles. The van der Waals surface area contributed by atoms with Crippen LogP contribution in [0.15, 0.2) is 42.6 Å². The highest BCUT2D eigenvalue weighted by Crippen LogP contribution is 2.14. The number of benzene rings is 1. The van der Waals surface area contributed by atoms with Gasteiger partial charge in [-0.05, 0) is 11.6 Å². The molecule has 6 heteroatoms. The van der Waals surface area contributed by atoms with Crippen LogP contribution in [0.5, 0.6) is 0 Å². The van der Waals surface area contributed by atoms with Crippen LogP contribution in [0.2, 0.25) is 5.02 Å². The van der Waals surface area contributed by atoms with Crippen LogP contribution in [0.4, 0.5) is 10.2 Å². The fraction of sp³-hybridized carbons (Fsp3) is 0.143. The number of nitrogens with one attached hydrogen (secondary N) is 2. The van der Waals surface area contributed by atoms with Crippen molar-refractivity contribution in [3.8, 4) is 0 Å². The van der Waals surface area contributed by atoms with Crippen molar-refractivity contribution in [3.05, 3.63) is 59.0 Å². The summed E-state index contributed by atoms with van der Waals surface area (Å²) < 4.78 is 13.4. The Labute approximate surface area is 121 Å². The molecule has 104 valence electrons. The fourth-order valence-corrected chi connectivity index (χ4v) is 1.71. The fourth-order valence-electron chi connectivity index (χ4n) is 1.57. The molecule has 1 aromatic heterocycles. The van der Waals surface area contributed by atoms with Gasteiger partial charge >= 0.3 is 0 Å². The van der Waals surface area contributed by atoms with Gasteiger partial charge in [-0.15, -0.1) is 0 Å². The summed E-state index contributed by atoms with van der Waals surface area (Å²) >= 11 is 5.59. The molecule has 0 saturated carbocycles. The smallest absolute Gasteiger partial charge is 0.239 e. The molecular formula is C14H13ClFN3O. The monoisotopic (exact) mass is 293 g/mol. The zero-order valence-corrected chi connectivity index (χ0v) is 11.3. The molecule has 0 aliphatic heterocycles. The van der Waals surface area contributed by atoms with Gasteiger partial charge in [0.1, 0.15) is 0 Å². The van der Waals surface area contributed by atoms with Gasteiger partial charge in [-0.2, -0.15) is 0 Å². The molecule has 0 aliphatic rings. The first-order valence-corrected chi connectivity index (χ1v) is 6.38. The normalized spacial score (nSPS) is 10.1. The quantitative estimate of drug-likeness (QED) is 0.891. The van der Waals surface area contributed by atoms with E-state index in [-0.39, 0.29) is 23.3 Å². The molecule has 0 aliphatic carbocycles. The Morgan fingerprint density at radius 2 is 2.05 bits per heavy atom. The number of halogens is 2. The Balaban J connectivity index is 1.80. The molecule has 2 rings (SSSR count). The van der Waals surface area contributed by atoms with Crippen LogP contribution >= 0.6 is 11.6 Å². The molecule has 0 unspecified atom stereocenters. The topological polar surface area (TPSA) is 54.0 Å². The van der Waals surface area contributed by atoms with Crippen LogP contribution in [0.25, 0.3) is 0 Å². The first-order valence-electron chi connectivity index (χ1n) is 6.00. The number of rotatable bonds is 5. The summed E-state index contributed by atoms with van der Waals surface area (Å²) in [7, 11) is 0. The van der Waals surface area contributed by atoms with Crippen molar-refractivity contribution in [2.24, 2.45) is 0 Å². The average molecular weight is 294 g/mol. The van der Waals surface area contributed by atoms with Gasteiger partial charge in [-0.1, -0.05) is 41.9 Å². The molecule has 0 fully saturated rings. The van der Waals surface area contributed by atoms with Gasteiger partial charge in [0.15, 0.2) is 11.6 Å². The van der Waals surface area contributed by atoms with E-state index in [1.807, 2.05) is 30.3 Å². The van der Waals surface area contributed by atoms with Crippen molar-refractivity contribution in [1.82, 2.24) is 10.3 Å². The second kappa shape index (κ2) is 6.86. The number of carbonyl (C=O) groups is 1. The summed E-state index contributed by atoms with van der Waals surface area (Å²) in [6.45, 7) is 0.371. The van der Waals surface area contributed by atoms with Crippen LogP contribution < -0.4 is 10.6 Å². The number of anilines is 1. The standard InChI is InChI=1S/C14H13ClFN3O/c15-11-6-12(16)14(18-8-11)19-9-13(20)17-7-10-4-2-1-3-5-10/h1-6,8H,7,9H2,(H,17,20)(H,18,19). The number of pyridine rings is 1. The lowest BCUT2D eigenvalue weighted by molar-refractivity contribution is -0.119. The Kier molecular flexibility index (Phi) is 4.90. The molecule has 20 heavy (non-hydrogen) atoms. The van der Waals surface area contributed by atoms with Gasteiger partial charge in [0, 0.05) is 12.7 Å². The van der Waals surface area contributed by atoms with Crippen LogP contribution in [0, 0.1) is 5.82 Å². The minimum Gasteiger partial charge on any atom is -0.359 e. The Morgan fingerprint density at radius 3 is 2.75 bits per heavy atom. The van der Waals surface area contributed by atoms with Gasteiger partial charge in [0.2, 0.25) is 5.91 Å². The van der Waals surface area contributed by atoms with Crippen molar-refractivity contribution in [3.63, 3.8) is 0 Å². The van der Waals surface area contributed by atoms with Crippen LogP contribution in [-0.4, -0.2) is 17.4 Å². The van der Waals surface area contributed by atoms with E-state index >= 15 is 0 Å². The second-order valence-electron chi connectivity index (χ2n) is 4.10. The summed E-state index contributed by atoms with van der Waals surface area (Å²) in [6, 6.07) is 10.7. The maximum absolute atomic E-state index is 13.4. The van der Waals surface area contributed by atoms with E-state index in [4.69, 9.17) is 11.6 Å². The summed E-state index contributed by atoms with van der Waals surface area (Å²) in [4.78, 5) is 15.4. The molecule has 4 nitrogen and oxygen atoms in total. The third-order valence-corrected chi connectivity index (χ3v) is 2.76. The van der Waals surface area contributed by atoms with Crippen molar-refractivity contribution in [1.29, 1.82) is 0 Å². The zero-order valence-electron chi connectivity index (χ0n) is 10.6. The molecular weight excluding hydrogens is 281 g/mol. The molecule has 0 spiro atoms. The molecule has 1 aromatic carbocycles. The van der Waals surface area contributed by atoms with Crippen LogP contribution in [0.1, 0.15) is 5.56 Å². The Morgan fingerprint density at radius 1 is 1.30 bits per heavy atom. The number of amides is 1. The minimum atomic E-state index is -0.589. The molecule has 1 amide bonds. The molecule has 0 bridgehead atoms. The molecule has 1 heterocycles. The Bertz CT molecular complexity index is 592. The maximum atomic E-state index is 13.4. The van der Waals surface area contributed by atoms with Crippen molar-refractivity contribution >= 4 is 23.3 Å². The van der Waals surface area contributed by atoms with E-state index in [0.29, 0.717) is 6.54 Å². The number of carbonyl (C=O) groups excluding carboxylic acids is 1. The molecule has 2 N–H and O–H groups in total. The summed E-state index contributed by atoms with van der Waals surface area (Å²) in [5, 5.41) is 5.55. The molecule has 0 atom stereocenters. The third kappa shape index (κ3) is 4.20. The van der Waals surface area contributed by atoms with E-state index in [1.54, 1.807) is 0 Å². The van der Waals surface area contributed by atoms with Crippen molar-refractivity contribution in [2.75, 3.05) is 11.9 Å². The van der Waals surface area contributed by atoms with E-state index in [2.05, 4.69) is 15.6 Å². The number of hydrogen-bond donors (Lipinski definition) is 2. The third-order valence-electron chi connectivity index (χ3n) is 2.56. The highest BCUT2D eigenvalue weighted by Gasteiger charge is 2.06. The number of aromatic nitrogens is 1. The van der Waals surface area contributed by atoms with Gasteiger partial charge in [0.05, 0.1) is 11.6 Å². The van der Waals surface area contributed by atoms with Gasteiger partial charge in [-0.25, -0.2) is 9.37 Å². The van der Waals surface area contributed by atoms with Crippen molar-refractivity contribution in [2.45, 2.75) is 6.54 Å². The van der Waals surface area contributed by atoms with E-state index in [9.17, 15) is 9.18 Å². The second-order valence-corrected chi connectivity index (χ2v) is 4.54. The predicted octanol–water partition coefficient (Wildman–Crippen LogP) is 2.60. The predicted molar refractivity (Wildman–Crippen MR) is 76.0 cm³/mol. The van der Waals surface area contributed by atoms with Gasteiger partial charge in [-0.3, -0.25) is 4.79 Å². The molecule has 2 aromatic rings. The number of hydrogen-bond acceptors (Lipinski definition) is 3. The van der Waals surface area contributed by atoms with E-state index in [0.717, 1.165) is 11.6 Å².